The van der Waals surface area contributed by atoms with Gasteiger partial charge in [-0.3, -0.25) is 4.79 Å². The second-order valence-electron chi connectivity index (χ2n) is 4.87. The van der Waals surface area contributed by atoms with Crippen molar-refractivity contribution in [3.63, 3.8) is 0 Å². The zero-order chi connectivity index (χ0) is 16.4. The van der Waals surface area contributed by atoms with Crippen molar-refractivity contribution in [2.24, 2.45) is 0 Å². The van der Waals surface area contributed by atoms with Gasteiger partial charge in [0.2, 0.25) is 0 Å². The number of thiol groups is 1. The average molecular weight is 362 g/mol. The molecule has 1 aromatic carbocycles. The molecule has 0 radical (unpaired) electrons. The lowest BCUT2D eigenvalue weighted by molar-refractivity contribution is -0.136. The van der Waals surface area contributed by atoms with Gasteiger partial charge in [-0.15, -0.1) is 11.3 Å². The van der Waals surface area contributed by atoms with E-state index < -0.39 is 11.2 Å². The number of carboxylic acids is 1. The van der Waals surface area contributed by atoms with Crippen LogP contribution in [0.2, 0.25) is 5.02 Å². The number of carbonyl (C=O) groups is 1. The summed E-state index contributed by atoms with van der Waals surface area (Å²) in [6, 6.07) is 15.7. The number of aromatic nitrogens is 1. The highest BCUT2D eigenvalue weighted by molar-refractivity contribution is 7.81. The Morgan fingerprint density at radius 2 is 1.96 bits per heavy atom. The van der Waals surface area contributed by atoms with Crippen LogP contribution < -0.4 is 0 Å². The molecule has 0 spiro atoms. The first-order valence-corrected chi connectivity index (χ1v) is 8.55. The molecule has 0 fully saturated rings. The van der Waals surface area contributed by atoms with Gasteiger partial charge in [-0.25, -0.2) is 4.98 Å². The molecule has 2 aliphatic carbocycles. The van der Waals surface area contributed by atoms with Crippen molar-refractivity contribution in [3.8, 4) is 11.3 Å². The molecular formula is C17H12ClNO2S2. The summed E-state index contributed by atoms with van der Waals surface area (Å²) in [6.07, 6.45) is 0. The summed E-state index contributed by atoms with van der Waals surface area (Å²) >= 11 is 10.9. The molecule has 23 heavy (non-hydrogen) atoms. The standard InChI is InChI=1S/C11H9NO2S2.C6H3Cl/c13-11(14)9(15)10-12-8(6-16-10)7-4-2-1-3-5-7;7-6-3-4-1-2-5(4)6/h1-6,9,15H,(H,13,14);1-3H. The second kappa shape index (κ2) is 6.74. The number of thiazole rings is 1. The molecule has 0 bridgehead atoms. The fourth-order valence-electron chi connectivity index (χ4n) is 2.00. The maximum absolute atomic E-state index is 10.7. The van der Waals surface area contributed by atoms with Gasteiger partial charge in [0.25, 0.3) is 0 Å². The van der Waals surface area contributed by atoms with Crippen molar-refractivity contribution in [2.75, 3.05) is 0 Å². The topological polar surface area (TPSA) is 50.2 Å². The van der Waals surface area contributed by atoms with Crippen LogP contribution in [0.4, 0.5) is 0 Å². The number of aliphatic carboxylic acids is 1. The van der Waals surface area contributed by atoms with Gasteiger partial charge in [-0.05, 0) is 11.3 Å². The molecule has 1 atom stereocenters. The minimum absolute atomic E-state index is 0.509. The lowest BCUT2D eigenvalue weighted by Gasteiger charge is -2.01. The van der Waals surface area contributed by atoms with Gasteiger partial charge < -0.3 is 5.11 Å². The third kappa shape index (κ3) is 3.42. The van der Waals surface area contributed by atoms with Crippen LogP contribution in [0.3, 0.4) is 0 Å². The van der Waals surface area contributed by atoms with Crippen LogP contribution in [-0.2, 0) is 4.79 Å². The first-order chi connectivity index (χ1) is 11.1. The predicted molar refractivity (Wildman–Crippen MR) is 96.0 cm³/mol. The van der Waals surface area contributed by atoms with Gasteiger partial charge >= 0.3 is 5.97 Å². The fraction of sp³-hybridized carbons (Fsp3) is 0.0588. The Labute approximate surface area is 147 Å². The van der Waals surface area contributed by atoms with Gasteiger partial charge in [-0.2, -0.15) is 12.6 Å². The summed E-state index contributed by atoms with van der Waals surface area (Å²) in [4.78, 5) is 15.0. The number of rotatable bonds is 3. The van der Waals surface area contributed by atoms with Crippen LogP contribution in [-0.4, -0.2) is 16.1 Å². The fourth-order valence-corrected chi connectivity index (χ4v) is 3.34. The third-order valence-corrected chi connectivity index (χ3v) is 5.20. The molecule has 0 saturated carbocycles. The Morgan fingerprint density at radius 3 is 2.39 bits per heavy atom. The maximum atomic E-state index is 10.7. The van der Waals surface area contributed by atoms with E-state index in [1.807, 2.05) is 47.8 Å². The molecule has 1 N–H and O–H groups in total. The normalized spacial score (nSPS) is 12.1. The Morgan fingerprint density at radius 1 is 1.22 bits per heavy atom. The monoisotopic (exact) mass is 361 g/mol. The van der Waals surface area contributed by atoms with Gasteiger partial charge in [0, 0.05) is 21.2 Å². The highest BCUT2D eigenvalue weighted by atomic mass is 35.5. The van der Waals surface area contributed by atoms with Crippen LogP contribution in [0.15, 0.2) is 53.9 Å². The Kier molecular flexibility index (Phi) is 4.71. The van der Waals surface area contributed by atoms with Crippen molar-refractivity contribution >= 4 is 41.5 Å². The van der Waals surface area contributed by atoms with Crippen LogP contribution in [0, 0.1) is 10.4 Å². The zero-order valence-corrected chi connectivity index (χ0v) is 14.3. The molecule has 4 rings (SSSR count). The number of hydrogen-bond donors (Lipinski definition) is 2. The second-order valence-corrected chi connectivity index (χ2v) is 6.69. The smallest absolute Gasteiger partial charge is 0.323 e. The molecule has 6 heteroatoms. The van der Waals surface area contributed by atoms with Crippen LogP contribution in [0.5, 0.6) is 0 Å². The molecule has 1 heterocycles. The number of nitrogens with zero attached hydrogens (tertiary/aromatic N) is 1. The molecule has 116 valence electrons. The highest BCUT2D eigenvalue weighted by Gasteiger charge is 2.18. The van der Waals surface area contributed by atoms with E-state index in [1.54, 1.807) is 0 Å². The molecule has 0 saturated heterocycles. The first-order valence-electron chi connectivity index (χ1n) is 6.78. The highest BCUT2D eigenvalue weighted by Crippen LogP contribution is 2.28. The molecule has 1 aromatic heterocycles. The first kappa shape index (κ1) is 16.1. The number of halogens is 1. The van der Waals surface area contributed by atoms with Gasteiger partial charge in [0.1, 0.15) is 5.01 Å². The maximum Gasteiger partial charge on any atom is 0.323 e. The number of hydrogen-bond acceptors (Lipinski definition) is 4. The summed E-state index contributed by atoms with van der Waals surface area (Å²) in [5.41, 5.74) is 1.77. The van der Waals surface area contributed by atoms with Crippen molar-refractivity contribution in [1.29, 1.82) is 0 Å². The minimum atomic E-state index is -0.975. The van der Waals surface area contributed by atoms with E-state index in [0.717, 1.165) is 16.3 Å². The van der Waals surface area contributed by atoms with Gasteiger partial charge in [-0.1, -0.05) is 54.1 Å². The van der Waals surface area contributed by atoms with Crippen LogP contribution in [0.1, 0.15) is 10.3 Å². The number of carboxylic acid groups (broad SMARTS) is 1. The third-order valence-electron chi connectivity index (χ3n) is 3.34. The molecular weight excluding hydrogens is 350 g/mol. The summed E-state index contributed by atoms with van der Waals surface area (Å²) in [5.74, 6) is -0.975. The van der Waals surface area contributed by atoms with Crippen LogP contribution >= 0.6 is 35.6 Å². The van der Waals surface area contributed by atoms with Gasteiger partial charge in [0.15, 0.2) is 5.25 Å². The Balaban J connectivity index is 0.000000183. The summed E-state index contributed by atoms with van der Waals surface area (Å²) in [6.45, 7) is 0. The van der Waals surface area contributed by atoms with Crippen molar-refractivity contribution in [2.45, 2.75) is 5.25 Å². The lowest BCUT2D eigenvalue weighted by atomic mass is 10.1. The Bertz CT molecular complexity index is 941. The van der Waals surface area contributed by atoms with E-state index in [-0.39, 0.29) is 0 Å². The summed E-state index contributed by atoms with van der Waals surface area (Å²) < 4.78 is 0. The van der Waals surface area contributed by atoms with Crippen molar-refractivity contribution in [1.82, 2.24) is 4.98 Å². The van der Waals surface area contributed by atoms with Gasteiger partial charge in [0.05, 0.1) is 5.69 Å². The lowest BCUT2D eigenvalue weighted by Crippen LogP contribution is -2.04. The quantitative estimate of drug-likeness (QED) is 0.515. The molecule has 0 amide bonds. The molecule has 2 aliphatic rings. The van der Waals surface area contributed by atoms with Crippen LogP contribution in [0.25, 0.3) is 11.3 Å². The van der Waals surface area contributed by atoms with Crippen molar-refractivity contribution in [3.05, 3.63) is 74.4 Å². The molecule has 1 unspecified atom stereocenters. The molecule has 0 aliphatic heterocycles. The van der Waals surface area contributed by atoms with E-state index in [2.05, 4.69) is 23.7 Å². The Hall–Kier alpha value is -1.82. The molecule has 3 nitrogen and oxygen atoms in total. The van der Waals surface area contributed by atoms with E-state index in [0.29, 0.717) is 5.01 Å². The van der Waals surface area contributed by atoms with Crippen molar-refractivity contribution < 1.29 is 9.90 Å². The SMILES string of the molecule is Clc1cc2ccc1=2.O=C(O)C(S)c1nc(-c2ccccc2)cs1. The zero-order valence-electron chi connectivity index (χ0n) is 11.8. The van der Waals surface area contributed by atoms with E-state index >= 15 is 0 Å². The summed E-state index contributed by atoms with van der Waals surface area (Å²) in [7, 11) is 0. The average Bonchev–Trinajstić information content (AvgIpc) is 3.02. The minimum Gasteiger partial charge on any atom is -0.480 e. The predicted octanol–water partition coefficient (Wildman–Crippen LogP) is 4.81. The van der Waals surface area contributed by atoms with E-state index in [1.165, 1.54) is 21.8 Å². The largest absolute Gasteiger partial charge is 0.480 e. The summed E-state index contributed by atoms with van der Waals surface area (Å²) in [5, 5.41) is 13.8. The van der Waals surface area contributed by atoms with E-state index in [9.17, 15) is 4.79 Å². The molecule has 2 aromatic rings. The number of benzene rings is 2. The van der Waals surface area contributed by atoms with E-state index in [4.69, 9.17) is 16.7 Å².